The summed E-state index contributed by atoms with van der Waals surface area (Å²) in [6.07, 6.45) is 1.63. The highest BCUT2D eigenvalue weighted by molar-refractivity contribution is 7.99. The molecule has 0 fully saturated rings. The third-order valence-corrected chi connectivity index (χ3v) is 6.71. The number of carbonyl (C=O) groups is 1. The predicted molar refractivity (Wildman–Crippen MR) is 130 cm³/mol. The molecule has 0 aliphatic heterocycles. The molecule has 8 heteroatoms. The van der Waals surface area contributed by atoms with Gasteiger partial charge in [0.1, 0.15) is 11.3 Å². The monoisotopic (exact) mass is 465 g/mol. The summed E-state index contributed by atoms with van der Waals surface area (Å²) in [6, 6.07) is 14.2. The van der Waals surface area contributed by atoms with Crippen molar-refractivity contribution in [3.05, 3.63) is 54.0 Å². The summed E-state index contributed by atoms with van der Waals surface area (Å²) in [5, 5.41) is 21.7. The zero-order chi connectivity index (χ0) is 24.2. The number of nitrogens with one attached hydrogen (secondary N) is 1. The van der Waals surface area contributed by atoms with Gasteiger partial charge in [0.25, 0.3) is 0 Å². The Bertz CT molecular complexity index is 1120. The molecular formula is C25H31N5O2S. The Kier molecular flexibility index (Phi) is 7.33. The minimum atomic E-state index is -0.917. The number of nitriles is 1. The van der Waals surface area contributed by atoms with Crippen molar-refractivity contribution in [1.82, 2.24) is 20.1 Å². The van der Waals surface area contributed by atoms with Crippen molar-refractivity contribution < 1.29 is 9.21 Å². The molecular weight excluding hydrogens is 434 g/mol. The van der Waals surface area contributed by atoms with E-state index < -0.39 is 5.54 Å². The predicted octanol–water partition coefficient (Wildman–Crippen LogP) is 5.03. The van der Waals surface area contributed by atoms with Gasteiger partial charge in [0.15, 0.2) is 11.0 Å². The Hall–Kier alpha value is -3.05. The van der Waals surface area contributed by atoms with Crippen molar-refractivity contribution in [2.45, 2.75) is 64.2 Å². The summed E-state index contributed by atoms with van der Waals surface area (Å²) in [6.45, 7) is 12.5. The van der Waals surface area contributed by atoms with Gasteiger partial charge in [0.2, 0.25) is 5.91 Å². The van der Waals surface area contributed by atoms with E-state index in [2.05, 4.69) is 54.5 Å². The molecule has 1 atom stereocenters. The average molecular weight is 466 g/mol. The molecule has 1 unspecified atom stereocenters. The Balaban J connectivity index is 1.84. The molecule has 3 rings (SSSR count). The highest BCUT2D eigenvalue weighted by Gasteiger charge is 2.30. The molecule has 1 amide bonds. The summed E-state index contributed by atoms with van der Waals surface area (Å²) in [7, 11) is 0. The van der Waals surface area contributed by atoms with E-state index in [0.717, 1.165) is 11.3 Å². The molecule has 0 bridgehead atoms. The molecule has 7 nitrogen and oxygen atoms in total. The van der Waals surface area contributed by atoms with Gasteiger partial charge in [-0.15, -0.1) is 10.2 Å². The van der Waals surface area contributed by atoms with Crippen molar-refractivity contribution in [3.8, 4) is 17.5 Å². The maximum absolute atomic E-state index is 12.6. The quantitative estimate of drug-likeness (QED) is 0.469. The van der Waals surface area contributed by atoms with Crippen LogP contribution in [0, 0.1) is 17.2 Å². The van der Waals surface area contributed by atoms with E-state index in [-0.39, 0.29) is 23.0 Å². The average Bonchev–Trinajstić information content (AvgIpc) is 3.42. The summed E-state index contributed by atoms with van der Waals surface area (Å²) in [5.41, 5.74) is 1.32. The molecule has 0 spiro atoms. The summed E-state index contributed by atoms with van der Waals surface area (Å²) in [5.74, 6) is 1.37. The standard InChI is InChI=1S/C25H31N5O2S/c1-17(2)25(6,16-26)27-21(31)15-33-23-29-28-22(30(23)14-20-8-7-13-32-20)18-9-11-19(12-10-18)24(3,4)5/h7-13,17H,14-15H2,1-6H3,(H,27,31). The second-order valence-electron chi connectivity index (χ2n) is 9.60. The van der Waals surface area contributed by atoms with Gasteiger partial charge in [-0.25, -0.2) is 0 Å². The van der Waals surface area contributed by atoms with Crippen LogP contribution in [0.3, 0.4) is 0 Å². The lowest BCUT2D eigenvalue weighted by atomic mass is 9.87. The Morgan fingerprint density at radius 1 is 1.18 bits per heavy atom. The molecule has 0 saturated heterocycles. The van der Waals surface area contributed by atoms with Crippen molar-refractivity contribution >= 4 is 17.7 Å². The number of furan rings is 1. The number of amides is 1. The number of benzene rings is 1. The zero-order valence-corrected chi connectivity index (χ0v) is 20.9. The molecule has 174 valence electrons. The van der Waals surface area contributed by atoms with Gasteiger partial charge in [-0.2, -0.15) is 5.26 Å². The van der Waals surface area contributed by atoms with Crippen LogP contribution in [-0.4, -0.2) is 32.0 Å². The van der Waals surface area contributed by atoms with Crippen LogP contribution >= 0.6 is 11.8 Å². The zero-order valence-electron chi connectivity index (χ0n) is 20.0. The van der Waals surface area contributed by atoms with Crippen molar-refractivity contribution in [2.75, 3.05) is 5.75 Å². The maximum Gasteiger partial charge on any atom is 0.231 e. The lowest BCUT2D eigenvalue weighted by Gasteiger charge is -2.27. The number of hydrogen-bond acceptors (Lipinski definition) is 6. The summed E-state index contributed by atoms with van der Waals surface area (Å²) in [4.78, 5) is 12.6. The number of carbonyl (C=O) groups excluding carboxylic acids is 1. The summed E-state index contributed by atoms with van der Waals surface area (Å²) >= 11 is 1.29. The minimum absolute atomic E-state index is 0.0123. The van der Waals surface area contributed by atoms with Gasteiger partial charge in [-0.1, -0.05) is 70.6 Å². The Morgan fingerprint density at radius 2 is 1.88 bits per heavy atom. The van der Waals surface area contributed by atoms with E-state index in [4.69, 9.17) is 4.42 Å². The first-order chi connectivity index (χ1) is 15.5. The van der Waals surface area contributed by atoms with Crippen LogP contribution in [0.25, 0.3) is 11.4 Å². The molecule has 0 aliphatic carbocycles. The third-order valence-electron chi connectivity index (χ3n) is 5.74. The van der Waals surface area contributed by atoms with E-state index in [9.17, 15) is 10.1 Å². The largest absolute Gasteiger partial charge is 0.467 e. The molecule has 3 aromatic rings. The molecule has 0 aliphatic rings. The van der Waals surface area contributed by atoms with Crippen LogP contribution < -0.4 is 5.32 Å². The van der Waals surface area contributed by atoms with Crippen LogP contribution in [0.5, 0.6) is 0 Å². The highest BCUT2D eigenvalue weighted by atomic mass is 32.2. The first-order valence-electron chi connectivity index (χ1n) is 10.9. The Labute approximate surface area is 199 Å². The topological polar surface area (TPSA) is 96.7 Å². The first kappa shape index (κ1) is 24.6. The molecule has 2 heterocycles. The fourth-order valence-electron chi connectivity index (χ4n) is 3.19. The van der Waals surface area contributed by atoms with Crippen LogP contribution in [0.2, 0.25) is 0 Å². The molecule has 0 saturated carbocycles. The smallest absolute Gasteiger partial charge is 0.231 e. The minimum Gasteiger partial charge on any atom is -0.467 e. The molecule has 33 heavy (non-hydrogen) atoms. The van der Waals surface area contributed by atoms with Gasteiger partial charge >= 0.3 is 0 Å². The maximum atomic E-state index is 12.6. The molecule has 1 N–H and O–H groups in total. The number of rotatable bonds is 8. The molecule has 2 aromatic heterocycles. The van der Waals surface area contributed by atoms with Crippen LogP contribution in [0.4, 0.5) is 0 Å². The van der Waals surface area contributed by atoms with Gasteiger partial charge in [-0.05, 0) is 36.0 Å². The number of aromatic nitrogens is 3. The SMILES string of the molecule is CC(C)C(C)(C#N)NC(=O)CSc1nnc(-c2ccc(C(C)(C)C)cc2)n1Cc1ccco1. The van der Waals surface area contributed by atoms with Gasteiger partial charge < -0.3 is 9.73 Å². The van der Waals surface area contributed by atoms with Gasteiger partial charge in [0.05, 0.1) is 24.6 Å². The van der Waals surface area contributed by atoms with Crippen molar-refractivity contribution in [3.63, 3.8) is 0 Å². The second kappa shape index (κ2) is 9.84. The first-order valence-corrected chi connectivity index (χ1v) is 11.9. The van der Waals surface area contributed by atoms with Crippen molar-refractivity contribution in [2.24, 2.45) is 5.92 Å². The van der Waals surface area contributed by atoms with E-state index in [1.165, 1.54) is 17.3 Å². The lowest BCUT2D eigenvalue weighted by Crippen LogP contribution is -2.49. The van der Waals surface area contributed by atoms with Gasteiger partial charge in [-0.3, -0.25) is 9.36 Å². The van der Waals surface area contributed by atoms with Gasteiger partial charge in [0, 0.05) is 5.56 Å². The highest BCUT2D eigenvalue weighted by Crippen LogP contribution is 2.28. The van der Waals surface area contributed by atoms with E-state index in [0.29, 0.717) is 17.5 Å². The Morgan fingerprint density at radius 3 is 2.42 bits per heavy atom. The fourth-order valence-corrected chi connectivity index (χ4v) is 3.92. The lowest BCUT2D eigenvalue weighted by molar-refractivity contribution is -0.120. The van der Waals surface area contributed by atoms with Crippen molar-refractivity contribution in [1.29, 1.82) is 5.26 Å². The molecule has 1 aromatic carbocycles. The molecule has 0 radical (unpaired) electrons. The fraction of sp³-hybridized carbons (Fsp3) is 0.440. The summed E-state index contributed by atoms with van der Waals surface area (Å²) < 4.78 is 7.50. The van der Waals surface area contributed by atoms with Crippen LogP contribution in [0.15, 0.2) is 52.2 Å². The number of hydrogen-bond donors (Lipinski definition) is 1. The van der Waals surface area contributed by atoms with E-state index in [1.807, 2.05) is 42.7 Å². The van der Waals surface area contributed by atoms with Crippen LogP contribution in [0.1, 0.15) is 52.9 Å². The third kappa shape index (κ3) is 5.85. The van der Waals surface area contributed by atoms with Crippen LogP contribution in [-0.2, 0) is 16.8 Å². The normalized spacial score (nSPS) is 13.5. The van der Waals surface area contributed by atoms with E-state index in [1.54, 1.807) is 13.2 Å². The second-order valence-corrected chi connectivity index (χ2v) is 10.5. The number of nitrogens with zero attached hydrogens (tertiary/aromatic N) is 4. The number of thioether (sulfide) groups is 1. The van der Waals surface area contributed by atoms with E-state index >= 15 is 0 Å².